The molecule has 0 saturated carbocycles. The van der Waals surface area contributed by atoms with Crippen LogP contribution in [0.25, 0.3) is 0 Å². The Labute approximate surface area is 154 Å². The maximum Gasteiger partial charge on any atom is 0.409 e. The van der Waals surface area contributed by atoms with Crippen LogP contribution < -0.4 is 0 Å². The molecular weight excluding hydrogens is 332 g/mol. The van der Waals surface area contributed by atoms with Crippen LogP contribution in [0.1, 0.15) is 38.2 Å². The highest BCUT2D eigenvalue weighted by Gasteiger charge is 2.51. The number of carbonyl (C=O) groups excluding carboxylic acids is 1. The summed E-state index contributed by atoms with van der Waals surface area (Å²) < 4.78 is 0. The molecule has 1 N–H and O–H groups in total. The van der Waals surface area contributed by atoms with Gasteiger partial charge in [-0.1, -0.05) is 55.8 Å². The summed E-state index contributed by atoms with van der Waals surface area (Å²) in [5, 5.41) is 11.5. The van der Waals surface area contributed by atoms with E-state index in [1.54, 1.807) is 5.06 Å². The first-order chi connectivity index (χ1) is 12.6. The van der Waals surface area contributed by atoms with Gasteiger partial charge in [-0.3, -0.25) is 14.5 Å². The van der Waals surface area contributed by atoms with Crippen molar-refractivity contribution < 1.29 is 19.5 Å². The number of unbranched alkanes of at least 4 members (excludes halogenated alkanes) is 1. The molecule has 1 amide bonds. The number of hydroxylamine groups is 2. The molecule has 4 rings (SSSR count). The fraction of sp³-hybridized carbons (Fsp3) is 0.500. The second kappa shape index (κ2) is 8.01. The molecule has 6 heteroatoms. The number of amides is 1. The van der Waals surface area contributed by atoms with Crippen molar-refractivity contribution >= 4 is 12.4 Å². The molecule has 1 aromatic rings. The Morgan fingerprint density at radius 3 is 2.62 bits per heavy atom. The largest absolute Gasteiger partial charge is 0.465 e. The minimum atomic E-state index is -1.38. The lowest BCUT2D eigenvalue weighted by atomic mass is 9.92. The maximum atomic E-state index is 12.5. The van der Waals surface area contributed by atoms with Crippen LogP contribution in [-0.2, 0) is 16.1 Å². The summed E-state index contributed by atoms with van der Waals surface area (Å²) in [6.07, 6.45) is 7.11. The summed E-state index contributed by atoms with van der Waals surface area (Å²) in [5.74, 6) is 0. The normalized spacial score (nSPS) is 24.2. The molecule has 2 bridgehead atoms. The predicted molar refractivity (Wildman–Crippen MR) is 97.5 cm³/mol. The van der Waals surface area contributed by atoms with E-state index in [1.165, 1.54) is 4.90 Å². The third-order valence-corrected chi connectivity index (χ3v) is 5.16. The summed E-state index contributed by atoms with van der Waals surface area (Å²) in [6.45, 7) is 2.29. The number of rotatable bonds is 8. The van der Waals surface area contributed by atoms with Gasteiger partial charge in [-0.05, 0) is 24.8 Å². The van der Waals surface area contributed by atoms with Crippen LogP contribution in [0.5, 0.6) is 0 Å². The molecule has 2 aliphatic heterocycles. The third-order valence-electron chi connectivity index (χ3n) is 5.16. The molecule has 6 nitrogen and oxygen atoms in total. The highest BCUT2D eigenvalue weighted by atomic mass is 16.7. The molecule has 0 aromatic heterocycles. The summed E-state index contributed by atoms with van der Waals surface area (Å²) in [7, 11) is 0. The number of benzene rings is 1. The lowest BCUT2D eigenvalue weighted by Crippen LogP contribution is -2.69. The summed E-state index contributed by atoms with van der Waals surface area (Å²) in [4.78, 5) is 31.9. The molecular formula is C20H26N2O4. The predicted octanol–water partition coefficient (Wildman–Crippen LogP) is 3.24. The number of carboxylic acid groups (broad SMARTS) is 1. The van der Waals surface area contributed by atoms with E-state index in [0.29, 0.717) is 13.0 Å². The molecule has 1 fully saturated rings. The van der Waals surface area contributed by atoms with Crippen molar-refractivity contribution in [2.45, 2.75) is 56.8 Å². The Morgan fingerprint density at radius 1 is 1.35 bits per heavy atom. The molecule has 3 atom stereocenters. The van der Waals surface area contributed by atoms with Crippen molar-refractivity contribution in [3.8, 4) is 0 Å². The van der Waals surface area contributed by atoms with Crippen LogP contribution in [0.15, 0.2) is 42.5 Å². The number of fused-ring (bicyclic) bond motifs is 2. The zero-order valence-electron chi connectivity index (χ0n) is 15.1. The number of nitrogens with zero attached hydrogens (tertiary/aromatic N) is 2. The van der Waals surface area contributed by atoms with Crippen LogP contribution in [0, 0.1) is 0 Å². The van der Waals surface area contributed by atoms with Crippen LogP contribution in [0.2, 0.25) is 0 Å². The van der Waals surface area contributed by atoms with Gasteiger partial charge in [0.25, 0.3) is 0 Å². The first kappa shape index (κ1) is 18.6. The number of aldehydes is 1. The molecule has 0 radical (unpaired) electrons. The molecule has 0 spiro atoms. The zero-order valence-corrected chi connectivity index (χ0v) is 15.1. The molecule has 1 aromatic carbocycles. The highest BCUT2D eigenvalue weighted by molar-refractivity contribution is 5.75. The number of hydrogen-bond acceptors (Lipinski definition) is 4. The van der Waals surface area contributed by atoms with Crippen LogP contribution in [-0.4, -0.2) is 51.8 Å². The minimum absolute atomic E-state index is 0.0996. The lowest BCUT2D eigenvalue weighted by Gasteiger charge is -2.52. The van der Waals surface area contributed by atoms with E-state index in [2.05, 4.69) is 0 Å². The Morgan fingerprint density at radius 2 is 2.12 bits per heavy atom. The van der Waals surface area contributed by atoms with E-state index in [0.717, 1.165) is 31.1 Å². The van der Waals surface area contributed by atoms with Gasteiger partial charge in [0.05, 0.1) is 12.1 Å². The quantitative estimate of drug-likeness (QED) is 0.571. The molecule has 2 heterocycles. The first-order valence-corrected chi connectivity index (χ1v) is 9.26. The number of hydrogen-bond donors (Lipinski definition) is 1. The van der Waals surface area contributed by atoms with E-state index in [1.807, 2.05) is 49.4 Å². The third kappa shape index (κ3) is 3.52. The minimum Gasteiger partial charge on any atom is -0.465 e. The van der Waals surface area contributed by atoms with E-state index < -0.39 is 11.8 Å². The van der Waals surface area contributed by atoms with Gasteiger partial charge in [0.1, 0.15) is 0 Å². The average molecular weight is 358 g/mol. The van der Waals surface area contributed by atoms with Crippen LogP contribution >= 0.6 is 0 Å². The van der Waals surface area contributed by atoms with Crippen molar-refractivity contribution in [2.24, 2.45) is 0 Å². The van der Waals surface area contributed by atoms with Gasteiger partial charge < -0.3 is 5.11 Å². The summed E-state index contributed by atoms with van der Waals surface area (Å²) in [6, 6.07) is 9.42. The van der Waals surface area contributed by atoms with E-state index in [4.69, 9.17) is 4.84 Å². The second-order valence-electron chi connectivity index (χ2n) is 6.95. The molecule has 2 unspecified atom stereocenters. The molecule has 1 saturated heterocycles. The fourth-order valence-electron chi connectivity index (χ4n) is 3.78. The SMILES string of the molecule is CCCCN(C(=O)O)[C@@](C=O)(Cc1ccccc1)N1OC2C=CC1CC2. The molecule has 26 heavy (non-hydrogen) atoms. The topological polar surface area (TPSA) is 70.1 Å². The van der Waals surface area contributed by atoms with Gasteiger partial charge in [0.15, 0.2) is 11.9 Å². The zero-order chi connectivity index (χ0) is 18.6. The van der Waals surface area contributed by atoms with Crippen molar-refractivity contribution in [3.05, 3.63) is 48.0 Å². The Kier molecular flexibility index (Phi) is 5.74. The van der Waals surface area contributed by atoms with Gasteiger partial charge in [-0.15, -0.1) is 5.06 Å². The van der Waals surface area contributed by atoms with E-state index >= 15 is 0 Å². The van der Waals surface area contributed by atoms with Crippen molar-refractivity contribution in [2.75, 3.05) is 6.54 Å². The van der Waals surface area contributed by atoms with E-state index in [9.17, 15) is 14.7 Å². The monoisotopic (exact) mass is 358 g/mol. The van der Waals surface area contributed by atoms with Gasteiger partial charge in [0, 0.05) is 13.0 Å². The Bertz CT molecular complexity index is 663. The number of carbonyl (C=O) groups is 2. The van der Waals surface area contributed by atoms with Crippen LogP contribution in [0.3, 0.4) is 0 Å². The standard InChI is InChI=1S/C20H26N2O4/c1-2-3-13-21(19(24)25)20(15-23,14-16-7-5-4-6-8-16)22-17-9-11-18(26-22)12-10-17/h4-9,11,15,17-18H,2-3,10,12-14H2,1H3,(H,24,25)/t17?,18?,20-/m0/s1. The van der Waals surface area contributed by atoms with Gasteiger partial charge in [0.2, 0.25) is 0 Å². The van der Waals surface area contributed by atoms with Gasteiger partial charge in [-0.25, -0.2) is 4.79 Å². The van der Waals surface area contributed by atoms with Gasteiger partial charge in [-0.2, -0.15) is 0 Å². The van der Waals surface area contributed by atoms with Gasteiger partial charge >= 0.3 is 6.09 Å². The smallest absolute Gasteiger partial charge is 0.409 e. The fourth-order valence-corrected chi connectivity index (χ4v) is 3.78. The second-order valence-corrected chi connectivity index (χ2v) is 6.95. The Balaban J connectivity index is 2.02. The Hall–Kier alpha value is -2.18. The molecule has 140 valence electrons. The highest BCUT2D eigenvalue weighted by Crippen LogP contribution is 2.36. The first-order valence-electron chi connectivity index (χ1n) is 9.26. The summed E-state index contributed by atoms with van der Waals surface area (Å²) in [5.41, 5.74) is -0.479. The maximum absolute atomic E-state index is 12.5. The van der Waals surface area contributed by atoms with Crippen molar-refractivity contribution in [1.29, 1.82) is 0 Å². The lowest BCUT2D eigenvalue weighted by molar-refractivity contribution is -0.300. The van der Waals surface area contributed by atoms with E-state index in [-0.39, 0.29) is 18.6 Å². The molecule has 3 aliphatic rings. The van der Waals surface area contributed by atoms with Crippen LogP contribution in [0.4, 0.5) is 4.79 Å². The molecule has 1 aliphatic carbocycles. The summed E-state index contributed by atoms with van der Waals surface area (Å²) >= 11 is 0. The van der Waals surface area contributed by atoms with Crippen molar-refractivity contribution in [1.82, 2.24) is 9.96 Å². The average Bonchev–Trinajstić information content (AvgIpc) is 2.68. The van der Waals surface area contributed by atoms with Crippen molar-refractivity contribution in [3.63, 3.8) is 0 Å².